The molecule has 0 unspecified atom stereocenters. The van der Waals surface area contributed by atoms with E-state index in [2.05, 4.69) is 10.2 Å². The van der Waals surface area contributed by atoms with Crippen molar-refractivity contribution >= 4 is 27.1 Å². The number of halogens is 1. The van der Waals surface area contributed by atoms with Crippen molar-refractivity contribution < 1.29 is 22.7 Å². The van der Waals surface area contributed by atoms with E-state index in [1.54, 1.807) is 46.8 Å². The first-order valence-corrected chi connectivity index (χ1v) is 14.2. The molecule has 1 amide bonds. The average molecular weight is 549 g/mol. The van der Waals surface area contributed by atoms with Crippen LogP contribution in [0.4, 0.5) is 4.39 Å². The van der Waals surface area contributed by atoms with E-state index in [1.165, 1.54) is 27.8 Å². The van der Waals surface area contributed by atoms with E-state index in [9.17, 15) is 27.5 Å². The summed E-state index contributed by atoms with van der Waals surface area (Å²) in [6, 6.07) is 4.94. The summed E-state index contributed by atoms with van der Waals surface area (Å²) >= 11 is 1.13. The lowest BCUT2D eigenvalue weighted by atomic mass is 10.1. The van der Waals surface area contributed by atoms with Crippen molar-refractivity contribution in [1.82, 2.24) is 19.7 Å². The fraction of sp³-hybridized carbons (Fsp3) is 0.440. The van der Waals surface area contributed by atoms with Gasteiger partial charge >= 0.3 is 0 Å². The third kappa shape index (κ3) is 5.17. The van der Waals surface area contributed by atoms with Crippen molar-refractivity contribution in [3.05, 3.63) is 62.8 Å². The number of hydrogen-bond acceptors (Lipinski definition) is 8. The number of fused-ring (bicyclic) bond motifs is 1. The number of rotatable bonds is 6. The van der Waals surface area contributed by atoms with E-state index >= 15 is 0 Å². The number of sulfone groups is 1. The van der Waals surface area contributed by atoms with Gasteiger partial charge in [-0.1, -0.05) is 23.5 Å². The smallest absolute Gasteiger partial charge is 0.274 e. The molecule has 2 aromatic heterocycles. The number of carbonyl (C=O) groups excluding carboxylic acids is 1. The highest BCUT2D eigenvalue weighted by atomic mass is 32.2. The third-order valence-electron chi connectivity index (χ3n) is 6.41. The molecular weight excluding hydrogens is 519 g/mol. The Bertz CT molecular complexity index is 1510. The van der Waals surface area contributed by atoms with Crippen LogP contribution in [-0.4, -0.2) is 62.2 Å². The van der Waals surface area contributed by atoms with Gasteiger partial charge in [-0.2, -0.15) is 0 Å². The van der Waals surface area contributed by atoms with Crippen LogP contribution >= 0.6 is 11.3 Å². The minimum Gasteiger partial charge on any atom is -0.503 e. The van der Waals surface area contributed by atoms with E-state index in [0.29, 0.717) is 11.4 Å². The van der Waals surface area contributed by atoms with Crippen molar-refractivity contribution in [3.63, 3.8) is 0 Å². The number of aromatic nitrogens is 3. The van der Waals surface area contributed by atoms with Gasteiger partial charge < -0.3 is 14.6 Å². The van der Waals surface area contributed by atoms with Crippen LogP contribution < -0.4 is 5.43 Å². The Morgan fingerprint density at radius 1 is 1.16 bits per heavy atom. The predicted molar refractivity (Wildman–Crippen MR) is 139 cm³/mol. The third-order valence-corrected chi connectivity index (χ3v) is 10.1. The summed E-state index contributed by atoms with van der Waals surface area (Å²) in [5.41, 5.74) is -0.194. The molecule has 0 saturated heterocycles. The van der Waals surface area contributed by atoms with Gasteiger partial charge in [0.1, 0.15) is 10.8 Å². The highest BCUT2D eigenvalue weighted by Crippen LogP contribution is 2.33. The van der Waals surface area contributed by atoms with Gasteiger partial charge in [-0.05, 0) is 52.3 Å². The van der Waals surface area contributed by atoms with Crippen molar-refractivity contribution in [2.45, 2.75) is 57.9 Å². The number of carbonyl (C=O) groups is 1. The number of hydrogen-bond donors (Lipinski definition) is 1. The first kappa shape index (κ1) is 26.9. The lowest BCUT2D eigenvalue weighted by Gasteiger charge is -2.39. The topological polar surface area (TPSA) is 122 Å². The van der Waals surface area contributed by atoms with Crippen molar-refractivity contribution in [3.8, 4) is 16.3 Å². The molecule has 1 aromatic carbocycles. The molecule has 0 saturated carbocycles. The van der Waals surface area contributed by atoms with E-state index in [-0.39, 0.29) is 40.4 Å². The van der Waals surface area contributed by atoms with Gasteiger partial charge in [0.2, 0.25) is 5.43 Å². The number of nitrogens with zero attached hydrogens (tertiary/aromatic N) is 4. The molecule has 0 aliphatic carbocycles. The Morgan fingerprint density at radius 2 is 1.81 bits per heavy atom. The van der Waals surface area contributed by atoms with E-state index < -0.39 is 37.7 Å². The normalized spacial score (nSPS) is 16.4. The molecule has 1 aliphatic rings. The standard InChI is InChI=1S/C25H29FN4O5S2/c1-14(2)29-11-17(13-37(34,35)25(3,4)5)30-12-18(21(31)22(32)20(30)24(29)33)23-28-27-19(36-23)10-15-6-8-16(26)9-7-15/h6-9,12,14,17,32H,10-11,13H2,1-5H3/t17-/m1/s1. The second-order valence-corrected chi connectivity index (χ2v) is 14.2. The second kappa shape index (κ2) is 9.64. The molecule has 0 fully saturated rings. The predicted octanol–water partition coefficient (Wildman–Crippen LogP) is 3.42. The van der Waals surface area contributed by atoms with Gasteiger partial charge in [-0.3, -0.25) is 9.59 Å². The molecule has 1 N–H and O–H groups in total. The van der Waals surface area contributed by atoms with Crippen LogP contribution in [0, 0.1) is 5.82 Å². The van der Waals surface area contributed by atoms with Crippen LogP contribution in [0.15, 0.2) is 35.3 Å². The molecule has 3 heterocycles. The zero-order chi connectivity index (χ0) is 27.3. The number of pyridine rings is 1. The molecule has 3 aromatic rings. The fourth-order valence-corrected chi connectivity index (χ4v) is 6.25. The zero-order valence-electron chi connectivity index (χ0n) is 21.2. The summed E-state index contributed by atoms with van der Waals surface area (Å²) in [5.74, 6) is -1.93. The Kier molecular flexibility index (Phi) is 7.02. The lowest BCUT2D eigenvalue weighted by Crippen LogP contribution is -2.50. The number of benzene rings is 1. The van der Waals surface area contributed by atoms with Gasteiger partial charge in [-0.25, -0.2) is 12.8 Å². The Labute approximate surface area is 218 Å². The van der Waals surface area contributed by atoms with Gasteiger partial charge in [0.15, 0.2) is 26.3 Å². The molecule has 198 valence electrons. The van der Waals surface area contributed by atoms with Crippen LogP contribution in [0.3, 0.4) is 0 Å². The summed E-state index contributed by atoms with van der Waals surface area (Å²) in [6.45, 7) is 8.50. The lowest BCUT2D eigenvalue weighted by molar-refractivity contribution is 0.0609. The first-order valence-electron chi connectivity index (χ1n) is 11.8. The van der Waals surface area contributed by atoms with Gasteiger partial charge in [0.05, 0.1) is 22.1 Å². The monoisotopic (exact) mass is 548 g/mol. The summed E-state index contributed by atoms with van der Waals surface area (Å²) in [7, 11) is -3.61. The summed E-state index contributed by atoms with van der Waals surface area (Å²) < 4.78 is 39.8. The molecule has 1 aliphatic heterocycles. The Balaban J connectivity index is 1.80. The number of aromatic hydroxyl groups is 1. The maximum absolute atomic E-state index is 13.2. The zero-order valence-corrected chi connectivity index (χ0v) is 22.9. The van der Waals surface area contributed by atoms with E-state index in [4.69, 9.17) is 0 Å². The van der Waals surface area contributed by atoms with Crippen molar-refractivity contribution in [1.29, 1.82) is 0 Å². The van der Waals surface area contributed by atoms with Crippen LogP contribution in [0.2, 0.25) is 0 Å². The minimum absolute atomic E-state index is 0.0214. The summed E-state index contributed by atoms with van der Waals surface area (Å²) in [6.07, 6.45) is 1.77. The molecule has 0 bridgehead atoms. The van der Waals surface area contributed by atoms with Crippen LogP contribution in [-0.2, 0) is 16.3 Å². The SMILES string of the molecule is CC(C)N1C[C@H](CS(=O)(=O)C(C)(C)C)n2cc(-c3nnc(Cc4ccc(F)cc4)s3)c(=O)c(O)c2C1=O. The summed E-state index contributed by atoms with van der Waals surface area (Å²) in [5, 5.41) is 19.9. The molecule has 12 heteroatoms. The largest absolute Gasteiger partial charge is 0.503 e. The minimum atomic E-state index is -3.61. The average Bonchev–Trinajstić information content (AvgIpc) is 3.26. The number of amides is 1. The highest BCUT2D eigenvalue weighted by Gasteiger charge is 2.40. The maximum atomic E-state index is 13.2. The molecule has 4 rings (SSSR count). The highest BCUT2D eigenvalue weighted by molar-refractivity contribution is 7.92. The Morgan fingerprint density at radius 3 is 2.41 bits per heavy atom. The van der Waals surface area contributed by atoms with Crippen LogP contribution in [0.25, 0.3) is 10.6 Å². The molecular formula is C25H29FN4O5S2. The van der Waals surface area contributed by atoms with E-state index in [1.807, 2.05) is 0 Å². The van der Waals surface area contributed by atoms with Gasteiger partial charge in [0, 0.05) is 25.2 Å². The van der Waals surface area contributed by atoms with Crippen LogP contribution in [0.1, 0.15) is 61.7 Å². The quantitative estimate of drug-likeness (QED) is 0.501. The maximum Gasteiger partial charge on any atom is 0.274 e. The molecule has 9 nitrogen and oxygen atoms in total. The Hall–Kier alpha value is -3.12. The molecule has 0 spiro atoms. The van der Waals surface area contributed by atoms with Crippen LogP contribution in [0.5, 0.6) is 5.75 Å². The van der Waals surface area contributed by atoms with Gasteiger partial charge in [-0.15, -0.1) is 10.2 Å². The fourth-order valence-electron chi connectivity index (χ4n) is 4.10. The van der Waals surface area contributed by atoms with Gasteiger partial charge in [0.25, 0.3) is 5.91 Å². The van der Waals surface area contributed by atoms with Crippen molar-refractivity contribution in [2.24, 2.45) is 0 Å². The second-order valence-electron chi connectivity index (χ2n) is 10.4. The summed E-state index contributed by atoms with van der Waals surface area (Å²) in [4.78, 5) is 27.8. The molecule has 0 radical (unpaired) electrons. The van der Waals surface area contributed by atoms with E-state index in [0.717, 1.165) is 16.9 Å². The molecule has 1 atom stereocenters. The first-order chi connectivity index (χ1) is 17.2. The van der Waals surface area contributed by atoms with Crippen molar-refractivity contribution in [2.75, 3.05) is 12.3 Å². The molecule has 37 heavy (non-hydrogen) atoms.